The molecule has 5 nitrogen and oxygen atoms in total. The normalized spacial score (nSPS) is 30.8. The van der Waals surface area contributed by atoms with Gasteiger partial charge in [0.2, 0.25) is 0 Å². The third-order valence-corrected chi connectivity index (χ3v) is 6.32. The van der Waals surface area contributed by atoms with Crippen LogP contribution in [-0.4, -0.2) is 54.4 Å². The molecule has 2 rings (SSSR count). The van der Waals surface area contributed by atoms with Crippen molar-refractivity contribution in [3.8, 4) is 0 Å². The average Bonchev–Trinajstić information content (AvgIpc) is 2.85. The van der Waals surface area contributed by atoms with Gasteiger partial charge in [-0.2, -0.15) is 17.0 Å². The molecule has 2 aliphatic heterocycles. The number of hydrogen-bond acceptors (Lipinski definition) is 3. The molecule has 0 aromatic rings. The van der Waals surface area contributed by atoms with Crippen molar-refractivity contribution in [3.63, 3.8) is 0 Å². The molecular weight excluding hydrogens is 264 g/mol. The first kappa shape index (κ1) is 15.2. The molecule has 19 heavy (non-hydrogen) atoms. The zero-order valence-corrected chi connectivity index (χ0v) is 12.6. The minimum Gasteiger partial charge on any atom is -0.396 e. The Morgan fingerprint density at radius 2 is 1.95 bits per heavy atom. The molecule has 0 radical (unpaired) electrons. The summed E-state index contributed by atoms with van der Waals surface area (Å²) in [6, 6.07) is 0.0920. The van der Waals surface area contributed by atoms with Gasteiger partial charge in [-0.25, -0.2) is 0 Å². The lowest BCUT2D eigenvalue weighted by atomic mass is 10.0. The molecule has 2 unspecified atom stereocenters. The molecule has 0 spiro atoms. The lowest BCUT2D eigenvalue weighted by Crippen LogP contribution is -2.49. The summed E-state index contributed by atoms with van der Waals surface area (Å²) < 4.78 is 28.7. The van der Waals surface area contributed by atoms with Gasteiger partial charge in [0, 0.05) is 32.3 Å². The first-order valence-electron chi connectivity index (χ1n) is 7.43. The highest BCUT2D eigenvalue weighted by Crippen LogP contribution is 2.28. The van der Waals surface area contributed by atoms with Crippen LogP contribution in [0.4, 0.5) is 0 Å². The fourth-order valence-corrected chi connectivity index (χ4v) is 5.28. The van der Waals surface area contributed by atoms with Gasteiger partial charge in [0.15, 0.2) is 0 Å². The van der Waals surface area contributed by atoms with Gasteiger partial charge in [0.25, 0.3) is 10.2 Å². The van der Waals surface area contributed by atoms with Crippen LogP contribution in [0.5, 0.6) is 0 Å². The molecule has 112 valence electrons. The maximum absolute atomic E-state index is 12.7. The predicted molar refractivity (Wildman–Crippen MR) is 74.9 cm³/mol. The fourth-order valence-electron chi connectivity index (χ4n) is 3.23. The first-order chi connectivity index (χ1) is 9.05. The minimum absolute atomic E-state index is 0.0920. The van der Waals surface area contributed by atoms with Crippen molar-refractivity contribution < 1.29 is 13.5 Å². The van der Waals surface area contributed by atoms with Crippen LogP contribution in [0.25, 0.3) is 0 Å². The second-order valence-electron chi connectivity index (χ2n) is 5.89. The van der Waals surface area contributed by atoms with E-state index in [-0.39, 0.29) is 12.6 Å². The largest absolute Gasteiger partial charge is 0.396 e. The number of hydrogen-bond donors (Lipinski definition) is 1. The van der Waals surface area contributed by atoms with E-state index in [1.54, 1.807) is 8.61 Å². The summed E-state index contributed by atoms with van der Waals surface area (Å²) in [6.07, 6.45) is 5.43. The number of aliphatic hydroxyl groups excluding tert-OH is 1. The number of nitrogens with zero attached hydrogens (tertiary/aromatic N) is 2. The summed E-state index contributed by atoms with van der Waals surface area (Å²) in [5.74, 6) is 0.460. The Balaban J connectivity index is 2.05. The van der Waals surface area contributed by atoms with E-state index in [1.807, 2.05) is 0 Å². The van der Waals surface area contributed by atoms with E-state index >= 15 is 0 Å². The second-order valence-corrected chi connectivity index (χ2v) is 7.77. The van der Waals surface area contributed by atoms with E-state index in [2.05, 4.69) is 6.92 Å². The number of rotatable bonds is 5. The van der Waals surface area contributed by atoms with Crippen molar-refractivity contribution in [2.45, 2.75) is 51.5 Å². The summed E-state index contributed by atoms with van der Waals surface area (Å²) in [6.45, 7) is 4.23. The van der Waals surface area contributed by atoms with Crippen molar-refractivity contribution in [2.75, 3.05) is 26.2 Å². The standard InChI is InChI=1S/C13H26N2O3S/c1-12-5-2-8-14(11-12)19(17,18)15-9-3-6-13(15)7-4-10-16/h12-13,16H,2-11H2,1H3. The van der Waals surface area contributed by atoms with E-state index in [9.17, 15) is 8.42 Å². The highest BCUT2D eigenvalue weighted by atomic mass is 32.2. The smallest absolute Gasteiger partial charge is 0.282 e. The Morgan fingerprint density at radius 3 is 2.63 bits per heavy atom. The van der Waals surface area contributed by atoms with Gasteiger partial charge < -0.3 is 5.11 Å². The third-order valence-electron chi connectivity index (χ3n) is 4.26. The van der Waals surface area contributed by atoms with Crippen LogP contribution in [0.15, 0.2) is 0 Å². The van der Waals surface area contributed by atoms with Crippen LogP contribution in [0.1, 0.15) is 45.4 Å². The molecule has 0 amide bonds. The Labute approximate surface area is 116 Å². The summed E-state index contributed by atoms with van der Waals surface area (Å²) in [7, 11) is -3.29. The van der Waals surface area contributed by atoms with E-state index in [4.69, 9.17) is 5.11 Å². The zero-order valence-electron chi connectivity index (χ0n) is 11.8. The number of piperidine rings is 1. The predicted octanol–water partition coefficient (Wildman–Crippen LogP) is 1.20. The highest BCUT2D eigenvalue weighted by Gasteiger charge is 2.38. The first-order valence-corrected chi connectivity index (χ1v) is 8.83. The Morgan fingerprint density at radius 1 is 1.21 bits per heavy atom. The quantitative estimate of drug-likeness (QED) is 0.827. The Hall–Kier alpha value is -0.170. The average molecular weight is 290 g/mol. The Bertz CT molecular complexity index is 385. The molecule has 0 aromatic carbocycles. The molecule has 2 fully saturated rings. The zero-order chi connectivity index (χ0) is 13.9. The van der Waals surface area contributed by atoms with E-state index < -0.39 is 10.2 Å². The van der Waals surface area contributed by atoms with Crippen molar-refractivity contribution in [2.24, 2.45) is 5.92 Å². The molecule has 2 heterocycles. The van der Waals surface area contributed by atoms with Crippen molar-refractivity contribution in [1.82, 2.24) is 8.61 Å². The maximum atomic E-state index is 12.7. The molecule has 1 N–H and O–H groups in total. The van der Waals surface area contributed by atoms with Crippen LogP contribution in [-0.2, 0) is 10.2 Å². The van der Waals surface area contributed by atoms with E-state index in [1.165, 1.54) is 0 Å². The van der Waals surface area contributed by atoms with Gasteiger partial charge in [0.05, 0.1) is 0 Å². The monoisotopic (exact) mass is 290 g/mol. The topological polar surface area (TPSA) is 60.9 Å². The van der Waals surface area contributed by atoms with Gasteiger partial charge in [-0.1, -0.05) is 6.92 Å². The van der Waals surface area contributed by atoms with Gasteiger partial charge in [-0.3, -0.25) is 0 Å². The second kappa shape index (κ2) is 6.52. The van der Waals surface area contributed by atoms with Crippen molar-refractivity contribution in [1.29, 1.82) is 0 Å². The van der Waals surface area contributed by atoms with Gasteiger partial charge >= 0.3 is 0 Å². The summed E-state index contributed by atoms with van der Waals surface area (Å²) in [5.41, 5.74) is 0. The molecular formula is C13H26N2O3S. The van der Waals surface area contributed by atoms with E-state index in [0.717, 1.165) is 32.1 Å². The van der Waals surface area contributed by atoms with Gasteiger partial charge in [-0.05, 0) is 44.4 Å². The lowest BCUT2D eigenvalue weighted by molar-refractivity contribution is 0.239. The van der Waals surface area contributed by atoms with Gasteiger partial charge in [0.1, 0.15) is 0 Å². The minimum atomic E-state index is -3.29. The molecule has 6 heteroatoms. The van der Waals surface area contributed by atoms with Crippen molar-refractivity contribution >= 4 is 10.2 Å². The molecule has 0 saturated carbocycles. The van der Waals surface area contributed by atoms with Crippen LogP contribution in [0.3, 0.4) is 0 Å². The van der Waals surface area contributed by atoms with Crippen molar-refractivity contribution in [3.05, 3.63) is 0 Å². The molecule has 2 saturated heterocycles. The molecule has 0 aliphatic carbocycles. The highest BCUT2D eigenvalue weighted by molar-refractivity contribution is 7.86. The van der Waals surface area contributed by atoms with Crippen LogP contribution < -0.4 is 0 Å². The summed E-state index contributed by atoms with van der Waals surface area (Å²) >= 11 is 0. The van der Waals surface area contributed by atoms with Crippen LogP contribution >= 0.6 is 0 Å². The fraction of sp³-hybridized carbons (Fsp3) is 1.00. The summed E-state index contributed by atoms with van der Waals surface area (Å²) in [4.78, 5) is 0. The summed E-state index contributed by atoms with van der Waals surface area (Å²) in [5, 5.41) is 8.92. The molecule has 0 bridgehead atoms. The SMILES string of the molecule is CC1CCCN(S(=O)(=O)N2CCCC2CCCO)C1. The lowest BCUT2D eigenvalue weighted by Gasteiger charge is -2.35. The molecule has 2 aliphatic rings. The molecule has 0 aromatic heterocycles. The maximum Gasteiger partial charge on any atom is 0.282 e. The third kappa shape index (κ3) is 3.48. The van der Waals surface area contributed by atoms with Crippen LogP contribution in [0, 0.1) is 5.92 Å². The molecule has 2 atom stereocenters. The van der Waals surface area contributed by atoms with Crippen LogP contribution in [0.2, 0.25) is 0 Å². The number of aliphatic hydroxyl groups is 1. The Kier molecular flexibility index (Phi) is 5.22. The van der Waals surface area contributed by atoms with Gasteiger partial charge in [-0.15, -0.1) is 0 Å². The van der Waals surface area contributed by atoms with E-state index in [0.29, 0.717) is 32.0 Å².